The van der Waals surface area contributed by atoms with Crippen LogP contribution in [0.3, 0.4) is 0 Å². The molecule has 1 saturated carbocycles. The van der Waals surface area contributed by atoms with Crippen molar-refractivity contribution < 1.29 is 26.4 Å². The lowest BCUT2D eigenvalue weighted by Gasteiger charge is -2.30. The normalized spacial score (nSPS) is 19.4. The maximum absolute atomic E-state index is 13.4. The molecule has 4 nitrogen and oxygen atoms in total. The Morgan fingerprint density at radius 2 is 1.74 bits per heavy atom. The lowest BCUT2D eigenvalue weighted by atomic mass is 9.83. The van der Waals surface area contributed by atoms with Crippen molar-refractivity contribution in [1.82, 2.24) is 0 Å². The Kier molecular flexibility index (Phi) is 6.34. The summed E-state index contributed by atoms with van der Waals surface area (Å²) in [6.07, 6.45) is 0.535. The van der Waals surface area contributed by atoms with Gasteiger partial charge in [0.25, 0.3) is 5.91 Å². The molecule has 3 rings (SSSR count). The average molecular weight is 470 g/mol. The van der Waals surface area contributed by atoms with Crippen LogP contribution in [-0.4, -0.2) is 19.6 Å². The van der Waals surface area contributed by atoms with Crippen LogP contribution in [0.25, 0.3) is 0 Å². The van der Waals surface area contributed by atoms with Crippen LogP contribution in [0, 0.1) is 23.4 Å². The number of carbonyl (C=O) groups excluding carboxylic acids is 1. The van der Waals surface area contributed by atoms with Crippen LogP contribution in [0.2, 0.25) is 5.02 Å². The molecular formula is C22H19ClF3NO3S. The van der Waals surface area contributed by atoms with Gasteiger partial charge in [0.15, 0.2) is 27.3 Å². The van der Waals surface area contributed by atoms with Gasteiger partial charge in [0.05, 0.1) is 15.2 Å². The van der Waals surface area contributed by atoms with E-state index >= 15 is 0 Å². The van der Waals surface area contributed by atoms with E-state index in [1.807, 2.05) is 6.92 Å². The van der Waals surface area contributed by atoms with Gasteiger partial charge in [0, 0.05) is 23.4 Å². The second-order valence-electron chi connectivity index (χ2n) is 7.49. The summed E-state index contributed by atoms with van der Waals surface area (Å²) in [5, 5.41) is 1.38. The van der Waals surface area contributed by atoms with Gasteiger partial charge in [-0.15, -0.1) is 0 Å². The summed E-state index contributed by atoms with van der Waals surface area (Å²) in [6.45, 7) is 9.68. The zero-order valence-corrected chi connectivity index (χ0v) is 18.1. The van der Waals surface area contributed by atoms with Crippen LogP contribution in [0.1, 0.15) is 30.1 Å². The first kappa shape index (κ1) is 23.1. The predicted molar refractivity (Wildman–Crippen MR) is 113 cm³/mol. The Morgan fingerprint density at radius 3 is 2.32 bits per heavy atom. The lowest BCUT2D eigenvalue weighted by Crippen LogP contribution is -2.30. The maximum atomic E-state index is 13.4. The van der Waals surface area contributed by atoms with Gasteiger partial charge in [-0.25, -0.2) is 21.6 Å². The second kappa shape index (κ2) is 8.51. The third-order valence-corrected chi connectivity index (χ3v) is 7.95. The van der Waals surface area contributed by atoms with Gasteiger partial charge in [-0.1, -0.05) is 37.3 Å². The molecule has 0 heterocycles. The van der Waals surface area contributed by atoms with Crippen LogP contribution in [-0.2, 0) is 9.84 Å². The monoisotopic (exact) mass is 469 g/mol. The molecule has 1 aliphatic rings. The molecule has 1 unspecified atom stereocenters. The van der Waals surface area contributed by atoms with Crippen molar-refractivity contribution in [2.75, 3.05) is 5.32 Å². The molecule has 1 fully saturated rings. The third kappa shape index (κ3) is 4.55. The highest BCUT2D eigenvalue weighted by molar-refractivity contribution is 7.92. The molecule has 2 aromatic carbocycles. The van der Waals surface area contributed by atoms with E-state index in [1.165, 1.54) is 12.1 Å². The molecule has 1 amide bonds. The molecule has 1 aliphatic carbocycles. The minimum atomic E-state index is -3.91. The quantitative estimate of drug-likeness (QED) is 0.585. The molecule has 0 aliphatic heterocycles. The van der Waals surface area contributed by atoms with Crippen LogP contribution in [0.15, 0.2) is 59.5 Å². The summed E-state index contributed by atoms with van der Waals surface area (Å²) < 4.78 is 66.3. The summed E-state index contributed by atoms with van der Waals surface area (Å²) in [4.78, 5) is 12.3. The van der Waals surface area contributed by atoms with E-state index in [1.54, 1.807) is 0 Å². The van der Waals surface area contributed by atoms with E-state index < -0.39 is 38.4 Å². The SMILES string of the molecule is C=C1C[C@@H](S(=O)(=O)c2cc(C(=O)Nc3cc(F)c(F)c(F)c3)ccc2Cl)CC(C)C1=C. The molecule has 0 bridgehead atoms. The number of benzene rings is 2. The number of sulfone groups is 1. The fourth-order valence-corrected chi connectivity index (χ4v) is 5.88. The summed E-state index contributed by atoms with van der Waals surface area (Å²) in [5.74, 6) is -5.52. The van der Waals surface area contributed by atoms with Crippen LogP contribution in [0.4, 0.5) is 18.9 Å². The molecule has 1 N–H and O–H groups in total. The molecule has 0 saturated heterocycles. The van der Waals surface area contributed by atoms with Crippen molar-refractivity contribution in [2.24, 2.45) is 5.92 Å². The summed E-state index contributed by atoms with van der Waals surface area (Å²) in [5.41, 5.74) is 1.04. The summed E-state index contributed by atoms with van der Waals surface area (Å²) in [6, 6.07) is 4.88. The summed E-state index contributed by atoms with van der Waals surface area (Å²) >= 11 is 6.13. The largest absolute Gasteiger partial charge is 0.322 e. The first-order valence-electron chi connectivity index (χ1n) is 9.28. The van der Waals surface area contributed by atoms with Crippen molar-refractivity contribution in [3.8, 4) is 0 Å². The highest BCUT2D eigenvalue weighted by atomic mass is 35.5. The molecule has 2 atom stereocenters. The zero-order chi connectivity index (χ0) is 23.1. The number of anilines is 1. The number of halogens is 4. The molecule has 164 valence electrons. The van der Waals surface area contributed by atoms with Crippen LogP contribution < -0.4 is 5.32 Å². The van der Waals surface area contributed by atoms with Gasteiger partial charge in [-0.3, -0.25) is 4.79 Å². The standard InChI is InChI=1S/C22H19ClF3NO3S/c1-11-6-16(7-12(2)13(11)3)31(29,30)20-8-14(4-5-17(20)23)22(28)27-15-9-18(24)21(26)19(25)10-15/h4-5,8-10,12,16H,1,3,6-7H2,2H3,(H,27,28)/t12?,16-/m1/s1. The van der Waals surface area contributed by atoms with Gasteiger partial charge in [-0.2, -0.15) is 0 Å². The highest BCUT2D eigenvalue weighted by Crippen LogP contribution is 2.38. The number of amides is 1. The third-order valence-electron chi connectivity index (χ3n) is 5.32. The van der Waals surface area contributed by atoms with Gasteiger partial charge in [-0.05, 0) is 42.5 Å². The van der Waals surface area contributed by atoms with E-state index in [0.717, 1.165) is 11.6 Å². The first-order valence-corrected chi connectivity index (χ1v) is 11.2. The lowest BCUT2D eigenvalue weighted by molar-refractivity contribution is 0.102. The topological polar surface area (TPSA) is 63.2 Å². The van der Waals surface area contributed by atoms with Gasteiger partial charge in [0.1, 0.15) is 0 Å². The number of rotatable bonds is 4. The van der Waals surface area contributed by atoms with Crippen LogP contribution in [0.5, 0.6) is 0 Å². The van der Waals surface area contributed by atoms with Crippen molar-refractivity contribution >= 4 is 33.0 Å². The second-order valence-corrected chi connectivity index (χ2v) is 10.1. The highest BCUT2D eigenvalue weighted by Gasteiger charge is 2.36. The van der Waals surface area contributed by atoms with Gasteiger partial charge < -0.3 is 5.32 Å². The number of hydrogen-bond donors (Lipinski definition) is 1. The predicted octanol–water partition coefficient (Wildman–Crippen LogP) is 5.69. The summed E-state index contributed by atoms with van der Waals surface area (Å²) in [7, 11) is -3.91. The van der Waals surface area contributed by atoms with Crippen molar-refractivity contribution in [3.63, 3.8) is 0 Å². The molecular weight excluding hydrogens is 451 g/mol. The van der Waals surface area contributed by atoms with Crippen LogP contribution >= 0.6 is 11.6 Å². The molecule has 2 aromatic rings. The zero-order valence-electron chi connectivity index (χ0n) is 16.5. The molecule has 31 heavy (non-hydrogen) atoms. The van der Waals surface area contributed by atoms with E-state index in [9.17, 15) is 26.4 Å². The Balaban J connectivity index is 1.92. The Bertz CT molecular complexity index is 1190. The minimum absolute atomic E-state index is 0.0573. The molecule has 9 heteroatoms. The fraction of sp³-hybridized carbons (Fsp3) is 0.227. The first-order chi connectivity index (χ1) is 14.4. The van der Waals surface area contributed by atoms with E-state index in [2.05, 4.69) is 18.5 Å². The molecule has 0 aromatic heterocycles. The number of carbonyl (C=O) groups is 1. The maximum Gasteiger partial charge on any atom is 0.255 e. The average Bonchev–Trinajstić information content (AvgIpc) is 2.69. The van der Waals surface area contributed by atoms with Crippen molar-refractivity contribution in [1.29, 1.82) is 0 Å². The number of nitrogens with one attached hydrogen (secondary N) is 1. The Morgan fingerprint density at radius 1 is 1.13 bits per heavy atom. The van der Waals surface area contributed by atoms with E-state index in [4.69, 9.17) is 11.6 Å². The fourth-order valence-electron chi connectivity index (χ4n) is 3.48. The Labute approximate surface area is 183 Å². The molecule has 0 spiro atoms. The van der Waals surface area contributed by atoms with Crippen molar-refractivity contribution in [3.05, 3.63) is 82.7 Å². The van der Waals surface area contributed by atoms with E-state index in [0.29, 0.717) is 24.1 Å². The molecule has 0 radical (unpaired) electrons. The van der Waals surface area contributed by atoms with Gasteiger partial charge in [0.2, 0.25) is 0 Å². The van der Waals surface area contributed by atoms with E-state index in [-0.39, 0.29) is 33.5 Å². The Hall–Kier alpha value is -2.58. The smallest absolute Gasteiger partial charge is 0.255 e. The van der Waals surface area contributed by atoms with Gasteiger partial charge >= 0.3 is 0 Å². The minimum Gasteiger partial charge on any atom is -0.322 e. The number of allylic oxidation sites excluding steroid dienone is 2. The number of hydrogen-bond acceptors (Lipinski definition) is 3. The van der Waals surface area contributed by atoms with Crippen molar-refractivity contribution in [2.45, 2.75) is 29.9 Å².